The van der Waals surface area contributed by atoms with Crippen LogP contribution in [0.3, 0.4) is 0 Å². The Morgan fingerprint density at radius 3 is 2.78 bits per heavy atom. The van der Waals surface area contributed by atoms with Crippen LogP contribution in [-0.2, 0) is 13.2 Å². The number of amides is 1. The molecule has 1 aliphatic heterocycles. The average molecular weight is 376 g/mol. The monoisotopic (exact) mass is 375 g/mol. The number of hydrogen-bond acceptors (Lipinski definition) is 3. The minimum atomic E-state index is 0.174. The van der Waals surface area contributed by atoms with Gasteiger partial charge in [0.2, 0.25) is 0 Å². The highest BCUT2D eigenvalue weighted by molar-refractivity contribution is 9.10. The van der Waals surface area contributed by atoms with Crippen molar-refractivity contribution in [2.24, 2.45) is 0 Å². The highest BCUT2D eigenvalue weighted by Crippen LogP contribution is 2.33. The molecular weight excluding hydrogens is 358 g/mol. The first kappa shape index (κ1) is 14.8. The summed E-state index contributed by atoms with van der Waals surface area (Å²) in [6, 6.07) is 9.88. The van der Waals surface area contributed by atoms with Crippen molar-refractivity contribution < 1.29 is 13.9 Å². The molecule has 0 spiro atoms. The number of hydrogen-bond donors (Lipinski definition) is 0. The quantitative estimate of drug-likeness (QED) is 0.788. The molecule has 1 aromatic heterocycles. The van der Waals surface area contributed by atoms with E-state index in [1.54, 1.807) is 0 Å². The normalized spacial score (nSPS) is 17.8. The second kappa shape index (κ2) is 6.04. The van der Waals surface area contributed by atoms with Crippen molar-refractivity contribution in [3.05, 3.63) is 51.9 Å². The second-order valence-electron chi connectivity index (χ2n) is 6.18. The van der Waals surface area contributed by atoms with Crippen molar-refractivity contribution in [1.29, 1.82) is 0 Å². The van der Waals surface area contributed by atoms with Crippen molar-refractivity contribution in [2.45, 2.75) is 44.9 Å². The van der Waals surface area contributed by atoms with E-state index in [0.29, 0.717) is 23.9 Å². The predicted molar refractivity (Wildman–Crippen MR) is 89.3 cm³/mol. The third-order valence-corrected chi connectivity index (χ3v) is 5.11. The molecule has 5 heteroatoms. The van der Waals surface area contributed by atoms with Crippen LogP contribution in [0, 0.1) is 0 Å². The van der Waals surface area contributed by atoms with Crippen molar-refractivity contribution >= 4 is 21.8 Å². The first-order valence-electron chi connectivity index (χ1n) is 8.01. The van der Waals surface area contributed by atoms with Crippen LogP contribution in [0.4, 0.5) is 0 Å². The van der Waals surface area contributed by atoms with E-state index in [-0.39, 0.29) is 5.91 Å². The van der Waals surface area contributed by atoms with Crippen molar-refractivity contribution in [3.63, 3.8) is 0 Å². The molecule has 4 rings (SSSR count). The number of carbonyl (C=O) groups is 1. The number of fused-ring (bicyclic) bond motifs is 1. The lowest BCUT2D eigenvalue weighted by molar-refractivity contribution is 0.0707. The van der Waals surface area contributed by atoms with Crippen LogP contribution in [-0.4, -0.2) is 16.8 Å². The molecule has 0 saturated heterocycles. The Bertz CT molecular complexity index is 734. The van der Waals surface area contributed by atoms with E-state index < -0.39 is 0 Å². The van der Waals surface area contributed by atoms with Gasteiger partial charge in [-0.15, -0.1) is 0 Å². The molecule has 1 fully saturated rings. The summed E-state index contributed by atoms with van der Waals surface area (Å²) >= 11 is 3.28. The maximum atomic E-state index is 12.5. The minimum Gasteiger partial charge on any atom is -0.486 e. The fourth-order valence-electron chi connectivity index (χ4n) is 3.50. The van der Waals surface area contributed by atoms with Gasteiger partial charge in [0.25, 0.3) is 5.91 Å². The largest absolute Gasteiger partial charge is 0.486 e. The van der Waals surface area contributed by atoms with Crippen molar-refractivity contribution in [2.75, 3.05) is 0 Å². The molecule has 0 N–H and O–H groups in total. The molecule has 23 heavy (non-hydrogen) atoms. The van der Waals surface area contributed by atoms with E-state index in [2.05, 4.69) is 15.9 Å². The Morgan fingerprint density at radius 2 is 2.04 bits per heavy atom. The topological polar surface area (TPSA) is 42.7 Å². The summed E-state index contributed by atoms with van der Waals surface area (Å²) in [6.07, 6.45) is 4.74. The van der Waals surface area contributed by atoms with Crippen LogP contribution < -0.4 is 4.74 Å². The number of halogens is 1. The van der Waals surface area contributed by atoms with Crippen LogP contribution in [0.2, 0.25) is 0 Å². The third kappa shape index (κ3) is 2.90. The van der Waals surface area contributed by atoms with Gasteiger partial charge in [-0.25, -0.2) is 0 Å². The maximum Gasteiger partial charge on any atom is 0.254 e. The Balaban J connectivity index is 1.47. The summed E-state index contributed by atoms with van der Waals surface area (Å²) in [7, 11) is 0. The summed E-state index contributed by atoms with van der Waals surface area (Å²) < 4.78 is 11.9. The second-order valence-corrected chi connectivity index (χ2v) is 6.97. The van der Waals surface area contributed by atoms with E-state index in [9.17, 15) is 4.79 Å². The van der Waals surface area contributed by atoms with Crippen LogP contribution in [0.1, 0.15) is 47.4 Å². The van der Waals surface area contributed by atoms with E-state index in [0.717, 1.165) is 35.5 Å². The van der Waals surface area contributed by atoms with Crippen molar-refractivity contribution in [1.82, 2.24) is 4.90 Å². The van der Waals surface area contributed by atoms with Crippen LogP contribution in [0.15, 0.2) is 39.4 Å². The van der Waals surface area contributed by atoms with E-state index in [1.807, 2.05) is 35.2 Å². The maximum absolute atomic E-state index is 12.5. The van der Waals surface area contributed by atoms with Gasteiger partial charge in [-0.3, -0.25) is 4.79 Å². The van der Waals surface area contributed by atoms with Gasteiger partial charge in [0.15, 0.2) is 4.67 Å². The fraction of sp³-hybridized carbons (Fsp3) is 0.389. The van der Waals surface area contributed by atoms with Crippen LogP contribution in [0.5, 0.6) is 5.75 Å². The zero-order chi connectivity index (χ0) is 15.8. The van der Waals surface area contributed by atoms with Crippen LogP contribution >= 0.6 is 15.9 Å². The highest BCUT2D eigenvalue weighted by Gasteiger charge is 2.34. The molecule has 2 heterocycles. The molecule has 0 bridgehead atoms. The molecule has 1 saturated carbocycles. The van der Waals surface area contributed by atoms with E-state index in [1.165, 1.54) is 12.8 Å². The zero-order valence-corrected chi connectivity index (χ0v) is 14.3. The fourth-order valence-corrected chi connectivity index (χ4v) is 3.84. The summed E-state index contributed by atoms with van der Waals surface area (Å²) in [5.74, 6) is 1.71. The number of rotatable bonds is 4. The highest BCUT2D eigenvalue weighted by atomic mass is 79.9. The van der Waals surface area contributed by atoms with Gasteiger partial charge in [0.1, 0.15) is 18.1 Å². The molecule has 1 aliphatic carbocycles. The lowest BCUT2D eigenvalue weighted by Gasteiger charge is -2.23. The SMILES string of the molecule is O=C1c2ccc(OCc3ccc(Br)o3)cc2CN1C1CCCC1. The summed E-state index contributed by atoms with van der Waals surface area (Å²) in [5.41, 5.74) is 1.89. The van der Waals surface area contributed by atoms with Crippen molar-refractivity contribution in [3.8, 4) is 5.75 Å². The van der Waals surface area contributed by atoms with Gasteiger partial charge in [0.05, 0.1) is 0 Å². The summed E-state index contributed by atoms with van der Waals surface area (Å²) in [4.78, 5) is 14.6. The molecule has 4 nitrogen and oxygen atoms in total. The minimum absolute atomic E-state index is 0.174. The Hall–Kier alpha value is -1.75. The van der Waals surface area contributed by atoms with Gasteiger partial charge < -0.3 is 14.1 Å². The average Bonchev–Trinajstić information content (AvgIpc) is 3.26. The predicted octanol–water partition coefficient (Wildman–Crippen LogP) is 4.52. The van der Waals surface area contributed by atoms with Gasteiger partial charge in [0, 0.05) is 18.2 Å². The molecule has 0 unspecified atom stereocenters. The Kier molecular flexibility index (Phi) is 3.89. The smallest absolute Gasteiger partial charge is 0.254 e. The lowest BCUT2D eigenvalue weighted by atomic mass is 10.1. The molecule has 1 amide bonds. The Labute approximate surface area is 143 Å². The third-order valence-electron chi connectivity index (χ3n) is 4.68. The Morgan fingerprint density at radius 1 is 1.22 bits per heavy atom. The van der Waals surface area contributed by atoms with Gasteiger partial charge in [-0.1, -0.05) is 12.8 Å². The van der Waals surface area contributed by atoms with Gasteiger partial charge >= 0.3 is 0 Å². The van der Waals surface area contributed by atoms with E-state index >= 15 is 0 Å². The lowest BCUT2D eigenvalue weighted by Crippen LogP contribution is -2.33. The molecule has 120 valence electrons. The summed E-state index contributed by atoms with van der Waals surface area (Å²) in [6.45, 7) is 1.09. The molecule has 2 aromatic rings. The number of ether oxygens (including phenoxy) is 1. The summed E-state index contributed by atoms with van der Waals surface area (Å²) in [5, 5.41) is 0. The number of furan rings is 1. The number of nitrogens with zero attached hydrogens (tertiary/aromatic N) is 1. The standard InChI is InChI=1S/C18H18BrNO3/c19-17-8-6-15(23-17)11-22-14-5-7-16-12(9-14)10-20(18(16)21)13-3-1-2-4-13/h5-9,13H,1-4,10-11H2. The molecular formula is C18H18BrNO3. The molecule has 0 radical (unpaired) electrons. The van der Waals surface area contributed by atoms with Crippen LogP contribution in [0.25, 0.3) is 0 Å². The van der Waals surface area contributed by atoms with Gasteiger partial charge in [-0.2, -0.15) is 0 Å². The number of carbonyl (C=O) groups excluding carboxylic acids is 1. The first-order chi connectivity index (χ1) is 11.2. The molecule has 2 aliphatic rings. The molecule has 1 aromatic carbocycles. The first-order valence-corrected chi connectivity index (χ1v) is 8.81. The van der Waals surface area contributed by atoms with E-state index in [4.69, 9.17) is 9.15 Å². The zero-order valence-electron chi connectivity index (χ0n) is 12.8. The van der Waals surface area contributed by atoms with Gasteiger partial charge in [-0.05, 0) is 64.7 Å². The number of benzene rings is 1. The molecule has 0 atom stereocenters.